The highest BCUT2D eigenvalue weighted by Crippen LogP contribution is 2.40. The van der Waals surface area contributed by atoms with Gasteiger partial charge in [-0.05, 0) is 115 Å². The molecule has 1 unspecified atom stereocenters. The molecule has 1 aliphatic carbocycles. The average molecular weight is 1080 g/mol. The number of anilines is 4. The summed E-state index contributed by atoms with van der Waals surface area (Å²) in [6, 6.07) is 24.5. The average Bonchev–Trinajstić information content (AvgIpc) is 4.04. The van der Waals surface area contributed by atoms with Crippen molar-refractivity contribution in [3.63, 3.8) is 0 Å². The van der Waals surface area contributed by atoms with E-state index in [1.807, 2.05) is 13.0 Å². The number of benzene rings is 5. The number of sulfonamides is 2. The quantitative estimate of drug-likeness (QED) is 0.0576. The van der Waals surface area contributed by atoms with Crippen LogP contribution in [-0.2, 0) is 45.2 Å². The number of rotatable bonds is 17. The largest absolute Gasteiger partial charge is 0.435 e. The van der Waals surface area contributed by atoms with Gasteiger partial charge in [-0.1, -0.05) is 123 Å². The molecule has 18 heteroatoms. The summed E-state index contributed by atoms with van der Waals surface area (Å²) in [5.74, 6) is -1.53. The fraction of sp³-hybridized carbons (Fsp3) is 0.386. The molecule has 0 aliphatic heterocycles. The van der Waals surface area contributed by atoms with Crippen molar-refractivity contribution in [3.8, 4) is 6.07 Å². The Bertz CT molecular complexity index is 3530. The van der Waals surface area contributed by atoms with Gasteiger partial charge in [-0.2, -0.15) is 5.26 Å². The van der Waals surface area contributed by atoms with E-state index in [2.05, 4.69) is 68.4 Å². The summed E-state index contributed by atoms with van der Waals surface area (Å²) in [5, 5.41) is 13.7. The van der Waals surface area contributed by atoms with Gasteiger partial charge in [0, 0.05) is 33.5 Å². The minimum atomic E-state index is -4.35. The summed E-state index contributed by atoms with van der Waals surface area (Å²) in [4.78, 5) is 49.2. The predicted molar refractivity (Wildman–Crippen MR) is 298 cm³/mol. The van der Waals surface area contributed by atoms with E-state index in [-0.39, 0.29) is 60.7 Å². The molecule has 1 aliphatic rings. The number of nitrogens with zero attached hydrogens (tertiary/aromatic N) is 3. The first-order chi connectivity index (χ1) is 35.1. The Labute approximate surface area is 445 Å². The lowest BCUT2D eigenvalue weighted by atomic mass is 9.76. The lowest BCUT2D eigenvalue weighted by Crippen LogP contribution is -2.48. The van der Waals surface area contributed by atoms with Crippen LogP contribution >= 0.6 is 11.6 Å². The maximum absolute atomic E-state index is 14.6. The number of carbonyl (C=O) groups excluding carboxylic acids is 3. The molecule has 1 atom stereocenters. The van der Waals surface area contributed by atoms with Crippen LogP contribution in [0.1, 0.15) is 129 Å². The minimum absolute atomic E-state index is 0.00978. The number of amides is 2. The Morgan fingerprint density at radius 2 is 1.53 bits per heavy atom. The molecule has 0 spiro atoms. The van der Waals surface area contributed by atoms with Gasteiger partial charge in [-0.25, -0.2) is 26.6 Å². The molecule has 0 radical (unpaired) electrons. The zero-order valence-electron chi connectivity index (χ0n) is 44.3. The van der Waals surface area contributed by atoms with E-state index < -0.39 is 49.3 Å². The molecule has 3 N–H and O–H groups in total. The second-order valence-corrected chi connectivity index (χ2v) is 25.4. The first-order valence-electron chi connectivity index (χ1n) is 24.9. The Morgan fingerprint density at radius 3 is 2.15 bits per heavy atom. The van der Waals surface area contributed by atoms with Crippen molar-refractivity contribution in [2.24, 2.45) is 5.41 Å². The molecule has 2 amide bonds. The van der Waals surface area contributed by atoms with Gasteiger partial charge in [-0.3, -0.25) is 23.9 Å². The van der Waals surface area contributed by atoms with E-state index in [1.54, 1.807) is 69.3 Å². The fourth-order valence-corrected chi connectivity index (χ4v) is 11.0. The van der Waals surface area contributed by atoms with E-state index >= 15 is 0 Å². The van der Waals surface area contributed by atoms with Gasteiger partial charge in [0.05, 0.1) is 33.2 Å². The molecule has 75 heavy (non-hydrogen) atoms. The van der Waals surface area contributed by atoms with Crippen LogP contribution in [-0.4, -0.2) is 58.0 Å². The summed E-state index contributed by atoms with van der Waals surface area (Å²) < 4.78 is 69.3. The number of carbonyl (C=O) groups is 3. The van der Waals surface area contributed by atoms with Crippen molar-refractivity contribution < 1.29 is 40.4 Å². The summed E-state index contributed by atoms with van der Waals surface area (Å²) in [5.41, 5.74) is 4.14. The minimum Gasteiger partial charge on any atom is -0.435 e. The number of Topliss-reactive ketones (excluding diaryl/α,β-unsaturated/α-hetero) is 1. The van der Waals surface area contributed by atoms with Crippen molar-refractivity contribution in [1.29, 1.82) is 5.26 Å². The van der Waals surface area contributed by atoms with Crippen LogP contribution in [0.5, 0.6) is 0 Å². The number of aryl methyl sites for hydroxylation is 1. The highest BCUT2D eigenvalue weighted by molar-refractivity contribution is 7.93. The number of fused-ring (bicyclic) bond motifs is 2. The van der Waals surface area contributed by atoms with E-state index in [9.17, 15) is 36.5 Å². The smallest absolute Gasteiger partial charge is 0.415 e. The second-order valence-electron chi connectivity index (χ2n) is 21.6. The van der Waals surface area contributed by atoms with Gasteiger partial charge in [0.15, 0.2) is 11.4 Å². The van der Waals surface area contributed by atoms with Crippen LogP contribution < -0.4 is 19.7 Å². The maximum Gasteiger partial charge on any atom is 0.415 e. The zero-order chi connectivity index (χ0) is 55.0. The zero-order valence-corrected chi connectivity index (χ0v) is 46.7. The van der Waals surface area contributed by atoms with Gasteiger partial charge >= 0.3 is 6.09 Å². The molecule has 15 nitrogen and oxygen atoms in total. The van der Waals surface area contributed by atoms with E-state index in [1.165, 1.54) is 35.2 Å². The second kappa shape index (κ2) is 21.5. The number of ketones is 1. The summed E-state index contributed by atoms with van der Waals surface area (Å²) in [6.07, 6.45) is 4.53. The Balaban J connectivity index is 1.16. The Hall–Kier alpha value is -6.74. The molecular weight excluding hydrogens is 1010 g/mol. The molecule has 7 rings (SSSR count). The third-order valence-corrected chi connectivity index (χ3v) is 16.6. The van der Waals surface area contributed by atoms with Crippen molar-refractivity contribution in [2.75, 3.05) is 25.9 Å². The van der Waals surface area contributed by atoms with Gasteiger partial charge < -0.3 is 14.5 Å². The Morgan fingerprint density at radius 1 is 0.867 bits per heavy atom. The molecule has 6 aromatic rings. The van der Waals surface area contributed by atoms with Crippen molar-refractivity contribution in [1.82, 2.24) is 4.98 Å². The van der Waals surface area contributed by atoms with Gasteiger partial charge in [0.25, 0.3) is 15.9 Å². The molecule has 1 fully saturated rings. The van der Waals surface area contributed by atoms with Crippen LogP contribution in [0.3, 0.4) is 0 Å². The standard InChI is InChI=1S/C57H65ClN6O9S2/c1-12-56(7,8)37-30-43(57(9,10)13-2)49-47(31-37)61-53(72-49)36(33-59)29-35-22-24-40(28-34(35)3)64(39-18-14-15-19-39)54(67)73-50(51(65)55(4,5)6)52(66)60-46-32-38(23-25-44(46)58)62-75(70,71)48-27-26-45(63-74(11,68)69)41-20-16-17-21-42(41)48/h16-17,20-32,39,50,62-63H,12-15,18-19H2,1-11H3,(H,60,66)/b36-29+. The number of hydrogen-bond donors (Lipinski definition) is 3. The summed E-state index contributed by atoms with van der Waals surface area (Å²) in [7, 11) is -8.04. The lowest BCUT2D eigenvalue weighted by molar-refractivity contribution is -0.142. The number of nitrogens with one attached hydrogen (secondary N) is 3. The molecule has 1 heterocycles. The number of hydrogen-bond acceptors (Lipinski definition) is 11. The van der Waals surface area contributed by atoms with E-state index in [0.717, 1.165) is 43.1 Å². The maximum atomic E-state index is 14.6. The molecule has 0 bridgehead atoms. The van der Waals surface area contributed by atoms with Crippen LogP contribution in [0.25, 0.3) is 33.5 Å². The number of halogens is 1. The number of ether oxygens (including phenoxy) is 1. The number of allylic oxidation sites excluding steroid dienone is 1. The molecule has 0 saturated heterocycles. The SMILES string of the molecule is CCC(C)(C)c1cc(C(C)(C)CC)c2oc(/C(C#N)=C/c3ccc(N(C(=O)OC(C(=O)Nc4cc(NS(=O)(=O)c5ccc(NS(C)(=O)=O)c6ccccc56)ccc4Cl)C(=O)C(C)(C)C)C4CCCC4)cc3C)nc2c1. The van der Waals surface area contributed by atoms with Crippen molar-refractivity contribution in [3.05, 3.63) is 118 Å². The summed E-state index contributed by atoms with van der Waals surface area (Å²) in [6.45, 7) is 19.7. The third kappa shape index (κ3) is 12.4. The number of nitriles is 1. The Kier molecular flexibility index (Phi) is 16.0. The number of oxazole rings is 1. The monoisotopic (exact) mass is 1080 g/mol. The van der Waals surface area contributed by atoms with Gasteiger partial charge in [0.2, 0.25) is 22.0 Å². The van der Waals surface area contributed by atoms with Gasteiger partial charge in [-0.15, -0.1) is 0 Å². The fourth-order valence-electron chi connectivity index (χ4n) is 9.00. The van der Waals surface area contributed by atoms with E-state index in [4.69, 9.17) is 25.7 Å². The van der Waals surface area contributed by atoms with Crippen LogP contribution in [0, 0.1) is 23.7 Å². The summed E-state index contributed by atoms with van der Waals surface area (Å²) >= 11 is 6.57. The van der Waals surface area contributed by atoms with Crippen molar-refractivity contribution in [2.45, 2.75) is 136 Å². The van der Waals surface area contributed by atoms with E-state index in [0.29, 0.717) is 46.1 Å². The highest BCUT2D eigenvalue weighted by atomic mass is 35.5. The highest BCUT2D eigenvalue weighted by Gasteiger charge is 2.41. The predicted octanol–water partition coefficient (Wildman–Crippen LogP) is 13.1. The van der Waals surface area contributed by atoms with Crippen molar-refractivity contribution >= 4 is 106 Å². The molecule has 1 saturated carbocycles. The molecular formula is C57H65ClN6O9S2. The lowest BCUT2D eigenvalue weighted by Gasteiger charge is -2.31. The molecule has 5 aromatic carbocycles. The van der Waals surface area contributed by atoms with Crippen LogP contribution in [0.4, 0.5) is 27.5 Å². The number of aromatic nitrogens is 1. The first kappa shape index (κ1) is 56.0. The van der Waals surface area contributed by atoms with Crippen LogP contribution in [0.15, 0.2) is 94.2 Å². The van der Waals surface area contributed by atoms with Gasteiger partial charge in [0.1, 0.15) is 17.2 Å². The first-order valence-corrected chi connectivity index (χ1v) is 28.7. The third-order valence-electron chi connectivity index (χ3n) is 14.2. The van der Waals surface area contributed by atoms with Crippen LogP contribution in [0.2, 0.25) is 5.02 Å². The molecule has 1 aromatic heterocycles. The molecule has 396 valence electrons. The topological polar surface area (TPSA) is 218 Å². The normalized spacial score (nSPS) is 14.4.